The smallest absolute Gasteiger partial charge is 0.305 e. The van der Waals surface area contributed by atoms with Gasteiger partial charge in [-0.05, 0) is 25.7 Å². The van der Waals surface area contributed by atoms with Crippen molar-refractivity contribution in [3.8, 4) is 0 Å². The Bertz CT molecular complexity index is 376. The summed E-state index contributed by atoms with van der Waals surface area (Å²) in [6.07, 6.45) is 5.56. The number of carbonyl (C=O) groups excluding carboxylic acids is 1. The maximum atomic E-state index is 12.9. The molecular weight excluding hydrogens is 258 g/mol. The third-order valence-corrected chi connectivity index (χ3v) is 5.07. The molecule has 1 heterocycles. The summed E-state index contributed by atoms with van der Waals surface area (Å²) in [7, 11) is 1.63. The molecular formula is C15H25NO4. The molecule has 5 heteroatoms. The quantitative estimate of drug-likeness (QED) is 0.838. The normalized spacial score (nSPS) is 28.8. The molecule has 2 rings (SSSR count). The van der Waals surface area contributed by atoms with Crippen molar-refractivity contribution < 1.29 is 19.4 Å². The van der Waals surface area contributed by atoms with E-state index in [0.717, 1.165) is 32.1 Å². The molecule has 0 radical (unpaired) electrons. The van der Waals surface area contributed by atoms with Gasteiger partial charge in [0.25, 0.3) is 0 Å². The van der Waals surface area contributed by atoms with Crippen molar-refractivity contribution in [2.45, 2.75) is 64.0 Å². The molecule has 1 saturated heterocycles. The summed E-state index contributed by atoms with van der Waals surface area (Å²) in [5.41, 5.74) is -0.251. The molecule has 1 N–H and O–H groups in total. The van der Waals surface area contributed by atoms with Gasteiger partial charge in [0.2, 0.25) is 5.91 Å². The number of ether oxygens (including phenoxy) is 1. The number of rotatable bonds is 5. The zero-order chi connectivity index (χ0) is 14.8. The second-order valence-corrected chi connectivity index (χ2v) is 6.14. The fraction of sp³-hybridized carbons (Fsp3) is 0.867. The minimum atomic E-state index is -0.846. The summed E-state index contributed by atoms with van der Waals surface area (Å²) < 4.78 is 5.35. The maximum absolute atomic E-state index is 12.9. The monoisotopic (exact) mass is 283 g/mol. The first-order chi connectivity index (χ1) is 9.52. The third-order valence-electron chi connectivity index (χ3n) is 5.07. The van der Waals surface area contributed by atoms with Gasteiger partial charge in [0.1, 0.15) is 0 Å². The van der Waals surface area contributed by atoms with Crippen LogP contribution in [0.4, 0.5) is 0 Å². The van der Waals surface area contributed by atoms with Gasteiger partial charge in [-0.1, -0.05) is 19.8 Å². The van der Waals surface area contributed by atoms with Crippen LogP contribution in [0.15, 0.2) is 0 Å². The van der Waals surface area contributed by atoms with E-state index in [1.807, 2.05) is 0 Å². The average Bonchev–Trinajstić information content (AvgIpc) is 3.04. The second kappa shape index (κ2) is 6.12. The topological polar surface area (TPSA) is 66.8 Å². The fourth-order valence-electron chi connectivity index (χ4n) is 3.76. The first kappa shape index (κ1) is 15.3. The molecule has 2 fully saturated rings. The highest BCUT2D eigenvalue weighted by Gasteiger charge is 2.46. The lowest BCUT2D eigenvalue weighted by atomic mass is 9.81. The van der Waals surface area contributed by atoms with E-state index in [1.165, 1.54) is 0 Å². The van der Waals surface area contributed by atoms with Crippen molar-refractivity contribution in [2.24, 2.45) is 5.41 Å². The van der Waals surface area contributed by atoms with Gasteiger partial charge in [-0.3, -0.25) is 9.59 Å². The first-order valence-corrected chi connectivity index (χ1v) is 7.58. The van der Waals surface area contributed by atoms with Crippen LogP contribution in [0.3, 0.4) is 0 Å². The van der Waals surface area contributed by atoms with Crippen molar-refractivity contribution in [1.82, 2.24) is 4.90 Å². The van der Waals surface area contributed by atoms with Crippen LogP contribution in [-0.4, -0.2) is 47.7 Å². The Balaban J connectivity index is 2.15. The molecule has 0 bridgehead atoms. The molecule has 0 aromatic carbocycles. The SMILES string of the molecule is CCC1(C(=O)N2CC(OC)CC2CC(=O)O)CCCC1. The van der Waals surface area contributed by atoms with Crippen LogP contribution >= 0.6 is 0 Å². The van der Waals surface area contributed by atoms with Crippen molar-refractivity contribution >= 4 is 11.9 Å². The van der Waals surface area contributed by atoms with Crippen LogP contribution < -0.4 is 0 Å². The van der Waals surface area contributed by atoms with E-state index in [4.69, 9.17) is 9.84 Å². The van der Waals surface area contributed by atoms with E-state index in [1.54, 1.807) is 12.0 Å². The van der Waals surface area contributed by atoms with E-state index in [0.29, 0.717) is 13.0 Å². The number of carboxylic acids is 1. The van der Waals surface area contributed by atoms with Crippen molar-refractivity contribution in [1.29, 1.82) is 0 Å². The summed E-state index contributed by atoms with van der Waals surface area (Å²) in [4.78, 5) is 25.7. The molecule has 1 aliphatic heterocycles. The number of hydrogen-bond donors (Lipinski definition) is 1. The number of hydrogen-bond acceptors (Lipinski definition) is 3. The highest BCUT2D eigenvalue weighted by molar-refractivity contribution is 5.84. The molecule has 1 aliphatic carbocycles. The summed E-state index contributed by atoms with van der Waals surface area (Å²) in [6, 6.07) is -0.214. The van der Waals surface area contributed by atoms with Gasteiger partial charge in [0.05, 0.1) is 12.5 Å². The Labute approximate surface area is 120 Å². The van der Waals surface area contributed by atoms with E-state index in [9.17, 15) is 9.59 Å². The Morgan fingerprint density at radius 3 is 2.50 bits per heavy atom. The molecule has 2 unspecified atom stereocenters. The molecule has 5 nitrogen and oxygen atoms in total. The summed E-state index contributed by atoms with van der Waals surface area (Å²) in [5, 5.41) is 9.04. The molecule has 0 aromatic heterocycles. The highest BCUT2D eigenvalue weighted by atomic mass is 16.5. The van der Waals surface area contributed by atoms with Gasteiger partial charge in [-0.25, -0.2) is 0 Å². The fourth-order valence-corrected chi connectivity index (χ4v) is 3.76. The Morgan fingerprint density at radius 2 is 2.00 bits per heavy atom. The number of methoxy groups -OCH3 is 1. The summed E-state index contributed by atoms with van der Waals surface area (Å²) in [6.45, 7) is 2.61. The Kier molecular flexibility index (Phi) is 4.68. The van der Waals surface area contributed by atoms with Gasteiger partial charge in [-0.2, -0.15) is 0 Å². The predicted octanol–water partition coefficient (Wildman–Crippen LogP) is 2.05. The van der Waals surface area contributed by atoms with E-state index in [2.05, 4.69) is 6.92 Å². The number of amides is 1. The molecule has 2 atom stereocenters. The van der Waals surface area contributed by atoms with Crippen LogP contribution in [0.25, 0.3) is 0 Å². The number of aliphatic carboxylic acids is 1. The van der Waals surface area contributed by atoms with Crippen LogP contribution in [-0.2, 0) is 14.3 Å². The zero-order valence-corrected chi connectivity index (χ0v) is 12.4. The Morgan fingerprint density at radius 1 is 1.35 bits per heavy atom. The van der Waals surface area contributed by atoms with Gasteiger partial charge in [0.15, 0.2) is 0 Å². The predicted molar refractivity (Wildman–Crippen MR) is 74.4 cm³/mol. The first-order valence-electron chi connectivity index (χ1n) is 7.58. The van der Waals surface area contributed by atoms with Gasteiger partial charge in [-0.15, -0.1) is 0 Å². The largest absolute Gasteiger partial charge is 0.481 e. The van der Waals surface area contributed by atoms with Crippen LogP contribution in [0, 0.1) is 5.41 Å². The van der Waals surface area contributed by atoms with Crippen LogP contribution in [0.5, 0.6) is 0 Å². The lowest BCUT2D eigenvalue weighted by Gasteiger charge is -2.34. The number of carboxylic acid groups (broad SMARTS) is 1. The molecule has 0 spiro atoms. The standard InChI is InChI=1S/C15H25NO4/c1-3-15(6-4-5-7-15)14(19)16-10-12(20-2)8-11(16)9-13(17)18/h11-12H,3-10H2,1-2H3,(H,17,18). The van der Waals surface area contributed by atoms with E-state index < -0.39 is 5.97 Å². The minimum absolute atomic E-state index is 0.0192. The van der Waals surface area contributed by atoms with Crippen molar-refractivity contribution in [3.63, 3.8) is 0 Å². The molecule has 0 aromatic rings. The van der Waals surface area contributed by atoms with Crippen LogP contribution in [0.1, 0.15) is 51.9 Å². The van der Waals surface area contributed by atoms with E-state index in [-0.39, 0.29) is 29.9 Å². The maximum Gasteiger partial charge on any atom is 0.305 e. The minimum Gasteiger partial charge on any atom is -0.481 e. The number of likely N-dealkylation sites (tertiary alicyclic amines) is 1. The summed E-state index contributed by atoms with van der Waals surface area (Å²) in [5.74, 6) is -0.690. The molecule has 1 amide bonds. The third kappa shape index (κ3) is 2.82. The number of nitrogens with zero attached hydrogens (tertiary/aromatic N) is 1. The van der Waals surface area contributed by atoms with Gasteiger partial charge in [0, 0.05) is 25.1 Å². The Hall–Kier alpha value is -1.10. The van der Waals surface area contributed by atoms with E-state index >= 15 is 0 Å². The highest BCUT2D eigenvalue weighted by Crippen LogP contribution is 2.44. The molecule has 20 heavy (non-hydrogen) atoms. The lowest BCUT2D eigenvalue weighted by molar-refractivity contribution is -0.145. The van der Waals surface area contributed by atoms with Crippen molar-refractivity contribution in [3.05, 3.63) is 0 Å². The lowest BCUT2D eigenvalue weighted by Crippen LogP contribution is -2.45. The molecule has 114 valence electrons. The van der Waals surface area contributed by atoms with Gasteiger partial charge < -0.3 is 14.7 Å². The summed E-state index contributed by atoms with van der Waals surface area (Å²) >= 11 is 0. The second-order valence-electron chi connectivity index (χ2n) is 6.14. The van der Waals surface area contributed by atoms with Gasteiger partial charge >= 0.3 is 5.97 Å². The van der Waals surface area contributed by atoms with Crippen LogP contribution in [0.2, 0.25) is 0 Å². The average molecular weight is 283 g/mol. The molecule has 2 aliphatic rings. The number of carbonyl (C=O) groups is 2. The molecule has 1 saturated carbocycles. The van der Waals surface area contributed by atoms with Crippen molar-refractivity contribution in [2.75, 3.05) is 13.7 Å². The zero-order valence-electron chi connectivity index (χ0n) is 12.4.